The minimum atomic E-state index is -0.367. The second kappa shape index (κ2) is 5.08. The van der Waals surface area contributed by atoms with Crippen molar-refractivity contribution in [3.63, 3.8) is 0 Å². The van der Waals surface area contributed by atoms with Gasteiger partial charge >= 0.3 is 5.63 Å². The lowest BCUT2D eigenvalue weighted by Gasteiger charge is -2.06. The first kappa shape index (κ1) is 14.1. The van der Waals surface area contributed by atoms with Crippen molar-refractivity contribution in [2.45, 2.75) is 6.92 Å². The van der Waals surface area contributed by atoms with Crippen LogP contribution in [0, 0.1) is 6.92 Å². The standard InChI is InChI=1S/C22H14O3/c1-13-19(16-11-6-8-14-7-2-3-9-15(14)16)20-21(24-13)17-10-4-5-12-18(17)25-22(20)23/h2-12H,1H3. The quantitative estimate of drug-likeness (QED) is 0.373. The van der Waals surface area contributed by atoms with E-state index in [2.05, 4.69) is 18.2 Å². The molecule has 120 valence electrons. The van der Waals surface area contributed by atoms with E-state index in [1.807, 2.05) is 49.4 Å². The van der Waals surface area contributed by atoms with Crippen molar-refractivity contribution in [3.8, 4) is 11.1 Å². The van der Waals surface area contributed by atoms with Gasteiger partial charge < -0.3 is 8.83 Å². The lowest BCUT2D eigenvalue weighted by molar-refractivity contribution is 0.559. The van der Waals surface area contributed by atoms with Crippen LogP contribution in [-0.2, 0) is 0 Å². The van der Waals surface area contributed by atoms with E-state index in [4.69, 9.17) is 8.83 Å². The number of furan rings is 1. The molecule has 0 amide bonds. The van der Waals surface area contributed by atoms with Crippen LogP contribution in [-0.4, -0.2) is 0 Å². The summed E-state index contributed by atoms with van der Waals surface area (Å²) in [6.45, 7) is 1.89. The molecule has 3 nitrogen and oxygen atoms in total. The summed E-state index contributed by atoms with van der Waals surface area (Å²) in [7, 11) is 0. The molecular weight excluding hydrogens is 312 g/mol. The molecule has 5 aromatic rings. The van der Waals surface area contributed by atoms with E-state index in [9.17, 15) is 4.79 Å². The summed E-state index contributed by atoms with van der Waals surface area (Å²) in [5.41, 5.74) is 2.56. The van der Waals surface area contributed by atoms with Crippen LogP contribution in [0.15, 0.2) is 80.4 Å². The van der Waals surface area contributed by atoms with Crippen LogP contribution in [0.3, 0.4) is 0 Å². The van der Waals surface area contributed by atoms with Crippen LogP contribution in [0.1, 0.15) is 5.76 Å². The van der Waals surface area contributed by atoms with Crippen LogP contribution in [0.4, 0.5) is 0 Å². The minimum absolute atomic E-state index is 0.367. The Balaban J connectivity index is 1.99. The van der Waals surface area contributed by atoms with Crippen LogP contribution in [0.2, 0.25) is 0 Å². The first-order chi connectivity index (χ1) is 12.2. The fourth-order valence-corrected chi connectivity index (χ4v) is 3.59. The molecule has 0 bridgehead atoms. The molecule has 3 aromatic carbocycles. The van der Waals surface area contributed by atoms with E-state index in [1.54, 1.807) is 6.07 Å². The van der Waals surface area contributed by atoms with Crippen molar-refractivity contribution in [1.82, 2.24) is 0 Å². The highest BCUT2D eigenvalue weighted by molar-refractivity contribution is 6.11. The molecule has 0 aliphatic heterocycles. The molecule has 0 saturated heterocycles. The maximum atomic E-state index is 12.7. The Morgan fingerprint density at radius 3 is 2.36 bits per heavy atom. The highest BCUT2D eigenvalue weighted by atomic mass is 16.4. The summed E-state index contributed by atoms with van der Waals surface area (Å²) in [5.74, 6) is 0.718. The van der Waals surface area contributed by atoms with Crippen molar-refractivity contribution >= 4 is 32.7 Å². The van der Waals surface area contributed by atoms with Gasteiger partial charge in [-0.25, -0.2) is 4.79 Å². The van der Waals surface area contributed by atoms with Crippen LogP contribution < -0.4 is 5.63 Å². The van der Waals surface area contributed by atoms with Gasteiger partial charge in [0.15, 0.2) is 5.58 Å². The van der Waals surface area contributed by atoms with E-state index >= 15 is 0 Å². The number of hydrogen-bond acceptors (Lipinski definition) is 3. The summed E-state index contributed by atoms with van der Waals surface area (Å²) in [4.78, 5) is 12.7. The van der Waals surface area contributed by atoms with Gasteiger partial charge in [-0.15, -0.1) is 0 Å². The third-order valence-corrected chi connectivity index (χ3v) is 4.68. The number of fused-ring (bicyclic) bond motifs is 4. The van der Waals surface area contributed by atoms with Gasteiger partial charge in [0.05, 0.1) is 5.39 Å². The van der Waals surface area contributed by atoms with Gasteiger partial charge in [0, 0.05) is 5.56 Å². The molecule has 0 aliphatic rings. The average molecular weight is 326 g/mol. The lowest BCUT2D eigenvalue weighted by atomic mass is 9.96. The molecule has 0 aliphatic carbocycles. The Morgan fingerprint density at radius 2 is 1.48 bits per heavy atom. The topological polar surface area (TPSA) is 43.4 Å². The predicted octanol–water partition coefficient (Wildman–Crippen LogP) is 5.67. The molecular formula is C22H14O3. The fraction of sp³-hybridized carbons (Fsp3) is 0.0455. The SMILES string of the molecule is Cc1oc2c(c1-c1cccc3ccccc13)c(=O)oc1ccccc12. The molecule has 0 unspecified atom stereocenters. The monoisotopic (exact) mass is 326 g/mol. The van der Waals surface area contributed by atoms with Gasteiger partial charge in [-0.1, -0.05) is 54.6 Å². The summed E-state index contributed by atoms with van der Waals surface area (Å²) in [5, 5.41) is 3.53. The Hall–Kier alpha value is -3.33. The lowest BCUT2D eigenvalue weighted by Crippen LogP contribution is -1.99. The number of hydrogen-bond donors (Lipinski definition) is 0. The highest BCUT2D eigenvalue weighted by Gasteiger charge is 2.21. The molecule has 5 rings (SSSR count). The fourth-order valence-electron chi connectivity index (χ4n) is 3.59. The van der Waals surface area contributed by atoms with E-state index in [-0.39, 0.29) is 5.63 Å². The predicted molar refractivity (Wildman–Crippen MR) is 99.9 cm³/mol. The average Bonchev–Trinajstić information content (AvgIpc) is 2.99. The van der Waals surface area contributed by atoms with Crippen molar-refractivity contribution in [3.05, 3.63) is 82.9 Å². The van der Waals surface area contributed by atoms with Crippen molar-refractivity contribution in [2.75, 3.05) is 0 Å². The van der Waals surface area contributed by atoms with Crippen LogP contribution >= 0.6 is 0 Å². The van der Waals surface area contributed by atoms with E-state index in [0.717, 1.165) is 33.0 Å². The smallest absolute Gasteiger partial charge is 0.348 e. The number of rotatable bonds is 1. The zero-order valence-corrected chi connectivity index (χ0v) is 13.6. The second-order valence-corrected chi connectivity index (χ2v) is 6.15. The van der Waals surface area contributed by atoms with E-state index < -0.39 is 0 Å². The van der Waals surface area contributed by atoms with E-state index in [1.165, 1.54) is 0 Å². The zero-order valence-electron chi connectivity index (χ0n) is 13.6. The zero-order chi connectivity index (χ0) is 17.0. The summed E-state index contributed by atoms with van der Waals surface area (Å²) in [6, 6.07) is 21.7. The number of para-hydroxylation sites is 1. The first-order valence-corrected chi connectivity index (χ1v) is 8.17. The number of benzene rings is 3. The number of aryl methyl sites for hydroxylation is 1. The first-order valence-electron chi connectivity index (χ1n) is 8.17. The van der Waals surface area contributed by atoms with Gasteiger partial charge in [-0.05, 0) is 35.4 Å². The molecule has 0 fully saturated rings. The van der Waals surface area contributed by atoms with Gasteiger partial charge in [0.1, 0.15) is 16.7 Å². The van der Waals surface area contributed by atoms with Gasteiger partial charge in [0.25, 0.3) is 0 Å². The molecule has 0 radical (unpaired) electrons. The third-order valence-electron chi connectivity index (χ3n) is 4.68. The van der Waals surface area contributed by atoms with Gasteiger partial charge in [-0.2, -0.15) is 0 Å². The molecule has 0 spiro atoms. The minimum Gasteiger partial charge on any atom is -0.460 e. The summed E-state index contributed by atoms with van der Waals surface area (Å²) < 4.78 is 11.6. The van der Waals surface area contributed by atoms with Crippen LogP contribution in [0.25, 0.3) is 43.8 Å². The van der Waals surface area contributed by atoms with Crippen molar-refractivity contribution < 1.29 is 8.83 Å². The second-order valence-electron chi connectivity index (χ2n) is 6.15. The Kier molecular flexibility index (Phi) is 2.86. The Morgan fingerprint density at radius 1 is 0.760 bits per heavy atom. The molecule has 25 heavy (non-hydrogen) atoms. The maximum Gasteiger partial charge on any atom is 0.348 e. The summed E-state index contributed by atoms with van der Waals surface area (Å²) >= 11 is 0. The normalized spacial score (nSPS) is 11.6. The third kappa shape index (κ3) is 1.96. The highest BCUT2D eigenvalue weighted by Crippen LogP contribution is 2.38. The van der Waals surface area contributed by atoms with Crippen molar-refractivity contribution in [1.29, 1.82) is 0 Å². The Bertz CT molecular complexity index is 1320. The summed E-state index contributed by atoms with van der Waals surface area (Å²) in [6.07, 6.45) is 0. The molecule has 0 N–H and O–H groups in total. The molecule has 2 heterocycles. The molecule has 3 heteroatoms. The van der Waals surface area contributed by atoms with Gasteiger partial charge in [-0.3, -0.25) is 0 Å². The molecule has 0 atom stereocenters. The van der Waals surface area contributed by atoms with Crippen LogP contribution in [0.5, 0.6) is 0 Å². The van der Waals surface area contributed by atoms with E-state index in [0.29, 0.717) is 16.6 Å². The Labute approximate surface area is 143 Å². The molecule has 0 saturated carbocycles. The van der Waals surface area contributed by atoms with Crippen molar-refractivity contribution in [2.24, 2.45) is 0 Å². The molecule has 2 aromatic heterocycles. The largest absolute Gasteiger partial charge is 0.460 e. The maximum absolute atomic E-state index is 12.7. The van der Waals surface area contributed by atoms with Gasteiger partial charge in [0.2, 0.25) is 0 Å².